The van der Waals surface area contributed by atoms with Gasteiger partial charge in [0.2, 0.25) is 0 Å². The molecule has 0 saturated carbocycles. The van der Waals surface area contributed by atoms with Crippen LogP contribution in [0.4, 0.5) is 0 Å². The first kappa shape index (κ1) is 25.0. The molecule has 5 heteroatoms. The Morgan fingerprint density at radius 3 is 2.59 bits per heavy atom. The molecule has 2 aliphatic rings. The summed E-state index contributed by atoms with van der Waals surface area (Å²) in [6.45, 7) is 13.4. The van der Waals surface area contributed by atoms with Crippen LogP contribution in [0.2, 0.25) is 0 Å². The second kappa shape index (κ2) is 10.3. The average molecular weight is 498 g/mol. The van der Waals surface area contributed by atoms with E-state index < -0.39 is 6.10 Å². The fourth-order valence-corrected chi connectivity index (χ4v) is 5.50. The normalized spacial score (nSPS) is 20.3. The van der Waals surface area contributed by atoms with E-state index in [2.05, 4.69) is 25.3 Å². The highest BCUT2D eigenvalue weighted by molar-refractivity contribution is 5.98. The number of aromatic hydroxyl groups is 2. The van der Waals surface area contributed by atoms with E-state index in [0.29, 0.717) is 24.0 Å². The molecule has 3 aromatic rings. The molecule has 1 fully saturated rings. The van der Waals surface area contributed by atoms with E-state index in [1.54, 1.807) is 30.3 Å². The SMILES string of the molecule is C=Cc1c(O)ccc2c1C(C)=C(c1cccc(O)c1)C(c1ccc(OCC(C)N3CCC(C)C3)cc1)O2. The number of phenols is 2. The molecular formula is C32H35NO4. The number of hydrogen-bond donors (Lipinski definition) is 2. The number of phenolic OH excluding ortho intramolecular Hbond substituents is 2. The molecule has 37 heavy (non-hydrogen) atoms. The topological polar surface area (TPSA) is 62.2 Å². The van der Waals surface area contributed by atoms with Crippen molar-refractivity contribution in [3.63, 3.8) is 0 Å². The second-order valence-electron chi connectivity index (χ2n) is 10.3. The van der Waals surface area contributed by atoms with Crippen LogP contribution in [-0.4, -0.2) is 40.9 Å². The van der Waals surface area contributed by atoms with Crippen molar-refractivity contribution in [1.82, 2.24) is 4.90 Å². The van der Waals surface area contributed by atoms with Crippen molar-refractivity contribution >= 4 is 17.2 Å². The molecule has 3 unspecified atom stereocenters. The van der Waals surface area contributed by atoms with E-state index in [1.165, 1.54) is 6.42 Å². The van der Waals surface area contributed by atoms with Gasteiger partial charge in [-0.2, -0.15) is 0 Å². The van der Waals surface area contributed by atoms with Crippen molar-refractivity contribution in [2.75, 3.05) is 19.7 Å². The molecule has 0 radical (unpaired) electrons. The smallest absolute Gasteiger partial charge is 0.150 e. The van der Waals surface area contributed by atoms with Crippen LogP contribution >= 0.6 is 0 Å². The van der Waals surface area contributed by atoms with Crippen LogP contribution in [0.3, 0.4) is 0 Å². The number of nitrogens with zero attached hydrogens (tertiary/aromatic N) is 1. The maximum Gasteiger partial charge on any atom is 0.150 e. The summed E-state index contributed by atoms with van der Waals surface area (Å²) in [5.41, 5.74) is 5.19. The number of ether oxygens (including phenoxy) is 2. The monoisotopic (exact) mass is 497 g/mol. The van der Waals surface area contributed by atoms with E-state index >= 15 is 0 Å². The van der Waals surface area contributed by atoms with Crippen LogP contribution < -0.4 is 9.47 Å². The standard InChI is InChI=1S/C32H35NO4/c1-5-27-28(35)13-14-29-31(27)22(4)30(24-7-6-8-25(34)17-24)32(37-29)23-9-11-26(12-10-23)36-19-21(3)33-16-15-20(2)18-33/h5-14,17,20-21,32,34-35H,1,15-16,18-19H2,2-4H3. The molecule has 1 saturated heterocycles. The van der Waals surface area contributed by atoms with E-state index in [9.17, 15) is 10.2 Å². The van der Waals surface area contributed by atoms with Crippen LogP contribution in [0.5, 0.6) is 23.0 Å². The number of allylic oxidation sites excluding steroid dienone is 1. The molecule has 192 valence electrons. The quantitative estimate of drug-likeness (QED) is 0.371. The largest absolute Gasteiger partial charge is 0.508 e. The molecule has 0 amide bonds. The molecule has 2 N–H and O–H groups in total. The van der Waals surface area contributed by atoms with Gasteiger partial charge < -0.3 is 19.7 Å². The Balaban J connectivity index is 1.45. The highest BCUT2D eigenvalue weighted by atomic mass is 16.5. The van der Waals surface area contributed by atoms with Crippen molar-refractivity contribution in [2.45, 2.75) is 39.3 Å². The third-order valence-electron chi connectivity index (χ3n) is 7.58. The Labute approximate surface area is 219 Å². The fraction of sp³-hybridized carbons (Fsp3) is 0.312. The van der Waals surface area contributed by atoms with Crippen LogP contribution in [0.15, 0.2) is 67.2 Å². The molecule has 0 spiro atoms. The zero-order valence-electron chi connectivity index (χ0n) is 21.8. The lowest BCUT2D eigenvalue weighted by Gasteiger charge is -2.32. The van der Waals surface area contributed by atoms with Crippen molar-refractivity contribution in [2.24, 2.45) is 5.92 Å². The van der Waals surface area contributed by atoms with Gasteiger partial charge in [-0.25, -0.2) is 0 Å². The first-order chi connectivity index (χ1) is 17.9. The van der Waals surface area contributed by atoms with Crippen molar-refractivity contribution in [1.29, 1.82) is 0 Å². The van der Waals surface area contributed by atoms with Gasteiger partial charge in [0.25, 0.3) is 0 Å². The lowest BCUT2D eigenvalue weighted by molar-refractivity contribution is 0.169. The van der Waals surface area contributed by atoms with Crippen LogP contribution in [-0.2, 0) is 0 Å². The second-order valence-corrected chi connectivity index (χ2v) is 10.3. The Morgan fingerprint density at radius 1 is 1.14 bits per heavy atom. The van der Waals surface area contributed by atoms with Crippen LogP contribution in [0.25, 0.3) is 17.2 Å². The minimum Gasteiger partial charge on any atom is -0.508 e. The summed E-state index contributed by atoms with van der Waals surface area (Å²) in [6, 6.07) is 19.1. The molecule has 3 aromatic carbocycles. The van der Waals surface area contributed by atoms with Gasteiger partial charge in [-0.15, -0.1) is 0 Å². The summed E-state index contributed by atoms with van der Waals surface area (Å²) in [5.74, 6) is 2.62. The summed E-state index contributed by atoms with van der Waals surface area (Å²) in [6.07, 6.45) is 2.51. The van der Waals surface area contributed by atoms with Gasteiger partial charge in [0.15, 0.2) is 0 Å². The van der Waals surface area contributed by atoms with Gasteiger partial charge in [-0.05, 0) is 85.8 Å². The Morgan fingerprint density at radius 2 is 1.92 bits per heavy atom. The molecule has 5 nitrogen and oxygen atoms in total. The molecule has 2 heterocycles. The third-order valence-corrected chi connectivity index (χ3v) is 7.58. The van der Waals surface area contributed by atoms with Gasteiger partial charge in [0.1, 0.15) is 35.7 Å². The fourth-order valence-electron chi connectivity index (χ4n) is 5.50. The number of likely N-dealkylation sites (tertiary alicyclic amines) is 1. The summed E-state index contributed by atoms with van der Waals surface area (Å²) in [4.78, 5) is 2.50. The Kier molecular flexibility index (Phi) is 6.98. The lowest BCUT2D eigenvalue weighted by Crippen LogP contribution is -2.35. The molecular weight excluding hydrogens is 462 g/mol. The highest BCUT2D eigenvalue weighted by Gasteiger charge is 2.31. The minimum absolute atomic E-state index is 0.157. The van der Waals surface area contributed by atoms with Crippen LogP contribution in [0, 0.1) is 5.92 Å². The van der Waals surface area contributed by atoms with E-state index in [1.807, 2.05) is 43.3 Å². The number of hydrogen-bond acceptors (Lipinski definition) is 5. The van der Waals surface area contributed by atoms with Crippen molar-refractivity contribution in [3.8, 4) is 23.0 Å². The van der Waals surface area contributed by atoms with E-state index in [-0.39, 0.29) is 11.5 Å². The zero-order chi connectivity index (χ0) is 26.1. The molecule has 3 atom stereocenters. The summed E-state index contributed by atoms with van der Waals surface area (Å²) >= 11 is 0. The first-order valence-electron chi connectivity index (χ1n) is 13.0. The molecule has 5 rings (SSSR count). The number of rotatable bonds is 7. The van der Waals surface area contributed by atoms with Crippen molar-refractivity contribution in [3.05, 3.63) is 89.5 Å². The van der Waals surface area contributed by atoms with Crippen molar-refractivity contribution < 1.29 is 19.7 Å². The molecule has 0 aromatic heterocycles. The summed E-state index contributed by atoms with van der Waals surface area (Å²) in [7, 11) is 0. The summed E-state index contributed by atoms with van der Waals surface area (Å²) in [5, 5.41) is 20.7. The Hall–Kier alpha value is -3.70. The number of benzene rings is 3. The Bertz CT molecular complexity index is 1330. The van der Waals surface area contributed by atoms with E-state index in [4.69, 9.17) is 9.47 Å². The highest BCUT2D eigenvalue weighted by Crippen LogP contribution is 2.49. The van der Waals surface area contributed by atoms with Gasteiger partial charge in [0, 0.05) is 29.3 Å². The molecule has 0 bridgehead atoms. The van der Waals surface area contributed by atoms with Crippen LogP contribution in [0.1, 0.15) is 55.5 Å². The zero-order valence-corrected chi connectivity index (χ0v) is 21.8. The third kappa shape index (κ3) is 4.96. The lowest BCUT2D eigenvalue weighted by atomic mass is 9.84. The van der Waals surface area contributed by atoms with Gasteiger partial charge >= 0.3 is 0 Å². The number of fused-ring (bicyclic) bond motifs is 1. The van der Waals surface area contributed by atoms with Gasteiger partial charge in [-0.1, -0.05) is 43.8 Å². The van der Waals surface area contributed by atoms with E-state index in [0.717, 1.165) is 52.6 Å². The minimum atomic E-state index is -0.393. The maximum atomic E-state index is 10.5. The van der Waals surface area contributed by atoms with Gasteiger partial charge in [0.05, 0.1) is 0 Å². The molecule has 2 aliphatic heterocycles. The predicted molar refractivity (Wildman–Crippen MR) is 149 cm³/mol. The predicted octanol–water partition coefficient (Wildman–Crippen LogP) is 6.91. The maximum absolute atomic E-state index is 10.5. The average Bonchev–Trinajstić information content (AvgIpc) is 3.34. The summed E-state index contributed by atoms with van der Waals surface area (Å²) < 4.78 is 12.7. The van der Waals surface area contributed by atoms with Gasteiger partial charge in [-0.3, -0.25) is 4.90 Å². The first-order valence-corrected chi connectivity index (χ1v) is 13.0. The molecule has 0 aliphatic carbocycles.